The summed E-state index contributed by atoms with van der Waals surface area (Å²) in [7, 11) is -3.62. The van der Waals surface area contributed by atoms with E-state index in [0.717, 1.165) is 6.26 Å². The van der Waals surface area contributed by atoms with Crippen LogP contribution in [0.25, 0.3) is 22.4 Å². The van der Waals surface area contributed by atoms with Crippen molar-refractivity contribution < 1.29 is 8.42 Å². The van der Waals surface area contributed by atoms with Gasteiger partial charge in [0.05, 0.1) is 10.7 Å². The lowest BCUT2D eigenvalue weighted by Crippen LogP contribution is -2.08. The number of halogens is 3. The van der Waals surface area contributed by atoms with E-state index in [4.69, 9.17) is 34.8 Å². The van der Waals surface area contributed by atoms with Gasteiger partial charge in [-0.15, -0.1) is 0 Å². The SMILES string of the molecule is Cc1nc(-c2ccc(Cl)cc2Cl)c(-c2ccc(Cl)cc2)c(S(C)(=O)=O)n1. The highest BCUT2D eigenvalue weighted by Gasteiger charge is 2.24. The van der Waals surface area contributed by atoms with Crippen molar-refractivity contribution in [1.82, 2.24) is 9.97 Å². The molecule has 0 saturated carbocycles. The monoisotopic (exact) mass is 426 g/mol. The molecule has 0 aliphatic heterocycles. The molecule has 0 aliphatic carbocycles. The number of benzene rings is 2. The van der Waals surface area contributed by atoms with Crippen LogP contribution in [0.5, 0.6) is 0 Å². The van der Waals surface area contributed by atoms with Gasteiger partial charge in [-0.05, 0) is 42.8 Å². The number of hydrogen-bond acceptors (Lipinski definition) is 4. The second-order valence-corrected chi connectivity index (χ2v) is 8.91. The van der Waals surface area contributed by atoms with Gasteiger partial charge in [0.15, 0.2) is 14.9 Å². The Labute approximate surface area is 166 Å². The van der Waals surface area contributed by atoms with Crippen LogP contribution in [0.3, 0.4) is 0 Å². The van der Waals surface area contributed by atoms with E-state index in [-0.39, 0.29) is 5.03 Å². The second kappa shape index (κ2) is 7.16. The average Bonchev–Trinajstić information content (AvgIpc) is 2.54. The third kappa shape index (κ3) is 3.86. The van der Waals surface area contributed by atoms with Crippen molar-refractivity contribution in [2.75, 3.05) is 6.26 Å². The first-order valence-corrected chi connectivity index (χ1v) is 10.5. The first kappa shape index (κ1) is 19.1. The summed E-state index contributed by atoms with van der Waals surface area (Å²) in [6, 6.07) is 11.8. The third-order valence-electron chi connectivity index (χ3n) is 3.66. The molecule has 26 heavy (non-hydrogen) atoms. The molecule has 0 amide bonds. The molecule has 0 saturated heterocycles. The molecule has 4 nitrogen and oxygen atoms in total. The minimum Gasteiger partial charge on any atom is -0.232 e. The number of aryl methyl sites for hydroxylation is 1. The van der Waals surface area contributed by atoms with Crippen molar-refractivity contribution in [3.8, 4) is 22.4 Å². The van der Waals surface area contributed by atoms with Gasteiger partial charge in [0.1, 0.15) is 5.82 Å². The molecule has 3 aromatic rings. The fraction of sp³-hybridized carbons (Fsp3) is 0.111. The van der Waals surface area contributed by atoms with Gasteiger partial charge in [-0.2, -0.15) is 0 Å². The van der Waals surface area contributed by atoms with Crippen LogP contribution in [0.4, 0.5) is 0 Å². The number of nitrogens with zero attached hydrogens (tertiary/aromatic N) is 2. The first-order valence-electron chi connectivity index (χ1n) is 7.47. The highest BCUT2D eigenvalue weighted by Crippen LogP contribution is 2.39. The predicted molar refractivity (Wildman–Crippen MR) is 106 cm³/mol. The van der Waals surface area contributed by atoms with Gasteiger partial charge >= 0.3 is 0 Å². The topological polar surface area (TPSA) is 59.9 Å². The van der Waals surface area contributed by atoms with Crippen molar-refractivity contribution >= 4 is 44.6 Å². The van der Waals surface area contributed by atoms with Crippen LogP contribution in [0.1, 0.15) is 5.82 Å². The first-order chi connectivity index (χ1) is 12.2. The maximum absolute atomic E-state index is 12.4. The van der Waals surface area contributed by atoms with E-state index >= 15 is 0 Å². The Morgan fingerprint density at radius 2 is 1.50 bits per heavy atom. The number of sulfone groups is 1. The highest BCUT2D eigenvalue weighted by molar-refractivity contribution is 7.90. The smallest absolute Gasteiger partial charge is 0.193 e. The number of hydrogen-bond donors (Lipinski definition) is 0. The Hall–Kier alpha value is -1.66. The van der Waals surface area contributed by atoms with Crippen molar-refractivity contribution in [1.29, 1.82) is 0 Å². The fourth-order valence-electron chi connectivity index (χ4n) is 2.57. The summed E-state index contributed by atoms with van der Waals surface area (Å²) in [4.78, 5) is 8.65. The van der Waals surface area contributed by atoms with E-state index in [1.54, 1.807) is 49.4 Å². The Bertz CT molecular complexity index is 1100. The Morgan fingerprint density at radius 3 is 2.08 bits per heavy atom. The Kier molecular flexibility index (Phi) is 5.26. The zero-order valence-corrected chi connectivity index (χ0v) is 16.9. The van der Waals surface area contributed by atoms with Gasteiger partial charge in [-0.25, -0.2) is 18.4 Å². The van der Waals surface area contributed by atoms with Gasteiger partial charge in [0.25, 0.3) is 0 Å². The summed E-state index contributed by atoms with van der Waals surface area (Å²) in [6.07, 6.45) is 1.11. The molecule has 134 valence electrons. The minimum atomic E-state index is -3.62. The molecule has 0 N–H and O–H groups in total. The molecule has 1 aromatic heterocycles. The molecule has 0 fully saturated rings. The van der Waals surface area contributed by atoms with Crippen LogP contribution < -0.4 is 0 Å². The summed E-state index contributed by atoms with van der Waals surface area (Å²) < 4.78 is 24.8. The largest absolute Gasteiger partial charge is 0.232 e. The summed E-state index contributed by atoms with van der Waals surface area (Å²) in [5.41, 5.74) is 1.98. The zero-order valence-electron chi connectivity index (χ0n) is 13.8. The molecule has 0 bridgehead atoms. The molecule has 2 aromatic carbocycles. The van der Waals surface area contributed by atoms with Crippen LogP contribution in [0.15, 0.2) is 47.5 Å². The van der Waals surface area contributed by atoms with Crippen LogP contribution >= 0.6 is 34.8 Å². The Morgan fingerprint density at radius 1 is 0.885 bits per heavy atom. The molecule has 0 unspecified atom stereocenters. The fourth-order valence-corrected chi connectivity index (χ4v) is 4.08. The quantitative estimate of drug-likeness (QED) is 0.519. The standard InChI is InChI=1S/C18H13Cl3N2O2S/c1-10-22-17(14-8-7-13(20)9-15(14)21)16(18(23-10)26(2,24)25)11-3-5-12(19)6-4-11/h3-9H,1-2H3. The minimum absolute atomic E-state index is 0.0617. The molecule has 8 heteroatoms. The van der Waals surface area contributed by atoms with Crippen LogP contribution in [0, 0.1) is 6.92 Å². The molecule has 0 aliphatic rings. The van der Waals surface area contributed by atoms with Crippen LogP contribution in [0.2, 0.25) is 15.1 Å². The second-order valence-electron chi connectivity index (χ2n) is 5.70. The van der Waals surface area contributed by atoms with Crippen molar-refractivity contribution in [2.24, 2.45) is 0 Å². The molecular formula is C18H13Cl3N2O2S. The van der Waals surface area contributed by atoms with E-state index in [1.165, 1.54) is 0 Å². The van der Waals surface area contributed by atoms with Crippen molar-refractivity contribution in [3.63, 3.8) is 0 Å². The van der Waals surface area contributed by atoms with Crippen LogP contribution in [-0.2, 0) is 9.84 Å². The summed E-state index contributed by atoms with van der Waals surface area (Å²) >= 11 is 18.3. The molecule has 0 radical (unpaired) electrons. The van der Waals surface area contributed by atoms with E-state index in [9.17, 15) is 8.42 Å². The highest BCUT2D eigenvalue weighted by atomic mass is 35.5. The lowest BCUT2D eigenvalue weighted by Gasteiger charge is -2.15. The molecule has 0 spiro atoms. The van der Waals surface area contributed by atoms with Gasteiger partial charge in [-0.1, -0.05) is 46.9 Å². The van der Waals surface area contributed by atoms with Crippen molar-refractivity contribution in [3.05, 3.63) is 63.4 Å². The maximum atomic E-state index is 12.4. The van der Waals surface area contributed by atoms with Gasteiger partial charge in [0, 0.05) is 27.4 Å². The molecule has 3 rings (SSSR count). The lowest BCUT2D eigenvalue weighted by molar-refractivity contribution is 0.597. The van der Waals surface area contributed by atoms with Gasteiger partial charge < -0.3 is 0 Å². The number of aromatic nitrogens is 2. The number of rotatable bonds is 3. The van der Waals surface area contributed by atoms with Gasteiger partial charge in [-0.3, -0.25) is 0 Å². The molecule has 0 atom stereocenters. The van der Waals surface area contributed by atoms with E-state index < -0.39 is 9.84 Å². The predicted octanol–water partition coefficient (Wildman–Crippen LogP) is 5.48. The van der Waals surface area contributed by atoms with E-state index in [2.05, 4.69) is 9.97 Å². The lowest BCUT2D eigenvalue weighted by atomic mass is 10.0. The van der Waals surface area contributed by atoms with E-state index in [0.29, 0.717) is 43.3 Å². The molecule has 1 heterocycles. The van der Waals surface area contributed by atoms with Crippen molar-refractivity contribution in [2.45, 2.75) is 11.9 Å². The Balaban J connectivity index is 2.43. The molecular weight excluding hydrogens is 415 g/mol. The van der Waals surface area contributed by atoms with Crippen LogP contribution in [-0.4, -0.2) is 24.6 Å². The maximum Gasteiger partial charge on any atom is 0.193 e. The average molecular weight is 428 g/mol. The van der Waals surface area contributed by atoms with Gasteiger partial charge in [0.2, 0.25) is 0 Å². The summed E-state index contributed by atoms with van der Waals surface area (Å²) in [5.74, 6) is 0.323. The summed E-state index contributed by atoms with van der Waals surface area (Å²) in [6.45, 7) is 1.63. The van der Waals surface area contributed by atoms with E-state index in [1.807, 2.05) is 0 Å². The third-order valence-corrected chi connectivity index (χ3v) is 5.46. The summed E-state index contributed by atoms with van der Waals surface area (Å²) in [5, 5.41) is 1.31. The zero-order chi connectivity index (χ0) is 19.1. The normalized spacial score (nSPS) is 11.6.